The van der Waals surface area contributed by atoms with Crippen LogP contribution in [0.25, 0.3) is 0 Å². The fraction of sp³-hybridized carbons (Fsp3) is 0.600. The minimum Gasteiger partial charge on any atom is -0.211 e. The Morgan fingerprint density at radius 1 is 1.21 bits per heavy atom. The average molecular weight is 281 g/mol. The molecule has 0 amide bonds. The molecule has 1 aromatic rings. The molecule has 1 aromatic carbocycles. The van der Waals surface area contributed by atoms with E-state index in [9.17, 15) is 8.42 Å². The summed E-state index contributed by atoms with van der Waals surface area (Å²) >= 11 is 0. The highest BCUT2D eigenvalue weighted by molar-refractivity contribution is 7.89. The molecule has 0 saturated heterocycles. The number of rotatable bonds is 4. The molecule has 2 atom stereocenters. The van der Waals surface area contributed by atoms with E-state index >= 15 is 0 Å². The third kappa shape index (κ3) is 3.57. The number of benzene rings is 1. The normalized spacial score (nSPS) is 24.3. The lowest BCUT2D eigenvalue weighted by Gasteiger charge is -2.28. The molecule has 0 bridgehead atoms. The molecule has 0 heterocycles. The van der Waals surface area contributed by atoms with Crippen molar-refractivity contribution in [2.75, 3.05) is 6.54 Å². The van der Waals surface area contributed by atoms with Crippen molar-refractivity contribution in [2.24, 2.45) is 11.8 Å². The van der Waals surface area contributed by atoms with E-state index < -0.39 is 10.0 Å². The molecule has 19 heavy (non-hydrogen) atoms. The van der Waals surface area contributed by atoms with Crippen molar-refractivity contribution in [1.82, 2.24) is 4.72 Å². The Morgan fingerprint density at radius 2 is 1.89 bits per heavy atom. The summed E-state index contributed by atoms with van der Waals surface area (Å²) in [7, 11) is -3.36. The van der Waals surface area contributed by atoms with E-state index in [2.05, 4.69) is 11.6 Å². The fourth-order valence-corrected chi connectivity index (χ4v) is 4.19. The van der Waals surface area contributed by atoms with Crippen LogP contribution in [0.15, 0.2) is 29.2 Å². The zero-order chi connectivity index (χ0) is 13.9. The molecule has 2 rings (SSSR count). The van der Waals surface area contributed by atoms with Crippen LogP contribution in [0.2, 0.25) is 0 Å². The summed E-state index contributed by atoms with van der Waals surface area (Å²) in [4.78, 5) is 0.401. The molecule has 0 radical (unpaired) electrons. The summed E-state index contributed by atoms with van der Waals surface area (Å²) in [6.45, 7) is 4.63. The maximum absolute atomic E-state index is 12.3. The van der Waals surface area contributed by atoms with Crippen molar-refractivity contribution >= 4 is 10.0 Å². The van der Waals surface area contributed by atoms with Crippen LogP contribution in [-0.2, 0) is 10.0 Å². The van der Waals surface area contributed by atoms with E-state index in [4.69, 9.17) is 0 Å². The van der Waals surface area contributed by atoms with E-state index in [0.29, 0.717) is 23.3 Å². The van der Waals surface area contributed by atoms with Crippen molar-refractivity contribution in [3.8, 4) is 0 Å². The second kappa shape index (κ2) is 6.06. The highest BCUT2D eigenvalue weighted by atomic mass is 32.2. The SMILES string of the molecule is Cc1ccccc1S(=O)(=O)NCC1CCCCC1C. The molecule has 1 N–H and O–H groups in total. The zero-order valence-electron chi connectivity index (χ0n) is 11.7. The van der Waals surface area contributed by atoms with Crippen LogP contribution < -0.4 is 4.72 Å². The first-order valence-electron chi connectivity index (χ1n) is 7.06. The van der Waals surface area contributed by atoms with E-state index in [1.165, 1.54) is 19.3 Å². The van der Waals surface area contributed by atoms with Crippen molar-refractivity contribution in [1.29, 1.82) is 0 Å². The third-order valence-electron chi connectivity index (χ3n) is 4.21. The maximum atomic E-state index is 12.3. The van der Waals surface area contributed by atoms with Crippen LogP contribution in [0.4, 0.5) is 0 Å². The molecular formula is C15H23NO2S. The van der Waals surface area contributed by atoms with Gasteiger partial charge in [0.2, 0.25) is 10.0 Å². The Hall–Kier alpha value is -0.870. The lowest BCUT2D eigenvalue weighted by molar-refractivity contribution is 0.257. The molecular weight excluding hydrogens is 258 g/mol. The fourth-order valence-electron chi connectivity index (χ4n) is 2.85. The maximum Gasteiger partial charge on any atom is 0.240 e. The van der Waals surface area contributed by atoms with Crippen molar-refractivity contribution in [3.63, 3.8) is 0 Å². The Balaban J connectivity index is 2.04. The Kier molecular flexibility index (Phi) is 4.63. The first-order chi connectivity index (χ1) is 9.00. The van der Waals surface area contributed by atoms with Gasteiger partial charge in [0.1, 0.15) is 0 Å². The molecule has 0 spiro atoms. The van der Waals surface area contributed by atoms with Crippen LogP contribution >= 0.6 is 0 Å². The van der Waals surface area contributed by atoms with Crippen molar-refractivity contribution in [2.45, 2.75) is 44.4 Å². The third-order valence-corrected chi connectivity index (χ3v) is 5.79. The number of aryl methyl sites for hydroxylation is 1. The monoisotopic (exact) mass is 281 g/mol. The molecule has 4 heteroatoms. The molecule has 1 saturated carbocycles. The quantitative estimate of drug-likeness (QED) is 0.921. The number of nitrogens with one attached hydrogen (secondary N) is 1. The molecule has 0 aromatic heterocycles. The number of hydrogen-bond donors (Lipinski definition) is 1. The zero-order valence-corrected chi connectivity index (χ0v) is 12.5. The van der Waals surface area contributed by atoms with Crippen LogP contribution in [0, 0.1) is 18.8 Å². The molecule has 2 unspecified atom stereocenters. The van der Waals surface area contributed by atoms with Gasteiger partial charge >= 0.3 is 0 Å². The lowest BCUT2D eigenvalue weighted by atomic mass is 9.81. The Morgan fingerprint density at radius 3 is 2.58 bits per heavy atom. The summed E-state index contributed by atoms with van der Waals surface area (Å²) in [5, 5.41) is 0. The van der Waals surface area contributed by atoms with Crippen LogP contribution in [0.5, 0.6) is 0 Å². The van der Waals surface area contributed by atoms with Gasteiger partial charge in [0.15, 0.2) is 0 Å². The van der Waals surface area contributed by atoms with Gasteiger partial charge in [0.05, 0.1) is 4.90 Å². The average Bonchev–Trinajstić information content (AvgIpc) is 2.38. The summed E-state index contributed by atoms with van der Waals surface area (Å²) in [6.07, 6.45) is 4.86. The topological polar surface area (TPSA) is 46.2 Å². The highest BCUT2D eigenvalue weighted by Gasteiger charge is 2.24. The minimum absolute atomic E-state index is 0.401. The smallest absolute Gasteiger partial charge is 0.211 e. The second-order valence-electron chi connectivity index (χ2n) is 5.64. The van der Waals surface area contributed by atoms with Gasteiger partial charge in [0, 0.05) is 6.54 Å². The molecule has 1 aliphatic carbocycles. The summed E-state index contributed by atoms with van der Waals surface area (Å²) in [5.41, 5.74) is 0.798. The van der Waals surface area contributed by atoms with E-state index in [1.54, 1.807) is 12.1 Å². The number of sulfonamides is 1. The van der Waals surface area contributed by atoms with Crippen LogP contribution in [0.1, 0.15) is 38.2 Å². The van der Waals surface area contributed by atoms with Gasteiger partial charge in [-0.1, -0.05) is 44.4 Å². The first kappa shape index (κ1) is 14.5. The molecule has 106 valence electrons. The van der Waals surface area contributed by atoms with Crippen LogP contribution in [0.3, 0.4) is 0 Å². The van der Waals surface area contributed by atoms with E-state index in [0.717, 1.165) is 12.0 Å². The van der Waals surface area contributed by atoms with Gasteiger partial charge in [-0.05, 0) is 36.8 Å². The molecule has 1 aliphatic rings. The standard InChI is InChI=1S/C15H23NO2S/c1-12-7-3-5-9-14(12)11-16-19(17,18)15-10-6-4-8-13(15)2/h4,6,8,10,12,14,16H,3,5,7,9,11H2,1-2H3. The number of hydrogen-bond acceptors (Lipinski definition) is 2. The molecule has 1 fully saturated rings. The summed E-state index contributed by atoms with van der Waals surface area (Å²) in [6, 6.07) is 7.13. The first-order valence-corrected chi connectivity index (χ1v) is 8.54. The minimum atomic E-state index is -3.36. The van der Waals surface area contributed by atoms with E-state index in [-0.39, 0.29) is 0 Å². The lowest BCUT2D eigenvalue weighted by Crippen LogP contribution is -2.33. The van der Waals surface area contributed by atoms with Crippen molar-refractivity contribution < 1.29 is 8.42 Å². The van der Waals surface area contributed by atoms with Gasteiger partial charge in [-0.25, -0.2) is 13.1 Å². The second-order valence-corrected chi connectivity index (χ2v) is 7.37. The molecule has 3 nitrogen and oxygen atoms in total. The van der Waals surface area contributed by atoms with Gasteiger partial charge in [0.25, 0.3) is 0 Å². The Bertz CT molecular complexity index is 525. The largest absolute Gasteiger partial charge is 0.240 e. The van der Waals surface area contributed by atoms with Crippen LogP contribution in [-0.4, -0.2) is 15.0 Å². The van der Waals surface area contributed by atoms with E-state index in [1.807, 2.05) is 19.1 Å². The Labute approximate surface area is 116 Å². The van der Waals surface area contributed by atoms with Gasteiger partial charge in [-0.2, -0.15) is 0 Å². The van der Waals surface area contributed by atoms with Gasteiger partial charge < -0.3 is 0 Å². The van der Waals surface area contributed by atoms with Gasteiger partial charge in [-0.3, -0.25) is 0 Å². The van der Waals surface area contributed by atoms with Gasteiger partial charge in [-0.15, -0.1) is 0 Å². The predicted octanol–water partition coefficient (Wildman–Crippen LogP) is 3.10. The molecule has 0 aliphatic heterocycles. The van der Waals surface area contributed by atoms with Crippen molar-refractivity contribution in [3.05, 3.63) is 29.8 Å². The predicted molar refractivity (Wildman–Crippen MR) is 77.5 cm³/mol. The summed E-state index contributed by atoms with van der Waals surface area (Å²) < 4.78 is 27.4. The highest BCUT2D eigenvalue weighted by Crippen LogP contribution is 2.29. The summed E-state index contributed by atoms with van der Waals surface area (Å²) in [5.74, 6) is 1.10.